The van der Waals surface area contributed by atoms with Crippen LogP contribution in [-0.4, -0.2) is 40.1 Å². The number of nitrogens with two attached hydrogens (primary N) is 2. The standard InChI is InChI=1S/C11H15N5O3S/c1-18-2-3-19-6-16-4-7(20-11(13)17)8-9(12)14-5-15-10(8)16/h4-5H,2-3,6H2,1H3,(H2,13,17)(H2,12,14,15). The van der Waals surface area contributed by atoms with Gasteiger partial charge < -0.3 is 25.5 Å². The van der Waals surface area contributed by atoms with Crippen molar-refractivity contribution in [1.29, 1.82) is 0 Å². The van der Waals surface area contributed by atoms with E-state index in [0.29, 0.717) is 35.0 Å². The molecule has 0 aromatic carbocycles. The Hall–Kier alpha value is -1.84. The van der Waals surface area contributed by atoms with Gasteiger partial charge in [-0.05, 0) is 11.8 Å². The molecular weight excluding hydrogens is 282 g/mol. The Morgan fingerprint density at radius 1 is 1.45 bits per heavy atom. The predicted molar refractivity (Wildman–Crippen MR) is 75.2 cm³/mol. The minimum atomic E-state index is -0.521. The average molecular weight is 297 g/mol. The van der Waals surface area contributed by atoms with E-state index in [9.17, 15) is 4.79 Å². The minimum Gasteiger partial charge on any atom is -0.383 e. The number of methoxy groups -OCH3 is 1. The summed E-state index contributed by atoms with van der Waals surface area (Å²) in [6.07, 6.45) is 3.08. The van der Waals surface area contributed by atoms with Crippen LogP contribution < -0.4 is 11.5 Å². The highest BCUT2D eigenvalue weighted by molar-refractivity contribution is 8.13. The number of ether oxygens (including phenoxy) is 2. The number of fused-ring (bicyclic) bond motifs is 1. The van der Waals surface area contributed by atoms with Crippen LogP contribution in [0.4, 0.5) is 10.6 Å². The molecule has 0 saturated heterocycles. The van der Waals surface area contributed by atoms with Crippen molar-refractivity contribution >= 4 is 33.9 Å². The fourth-order valence-electron chi connectivity index (χ4n) is 1.70. The molecule has 0 spiro atoms. The number of hydrogen-bond donors (Lipinski definition) is 2. The number of hydrogen-bond acceptors (Lipinski definition) is 7. The maximum absolute atomic E-state index is 11.1. The van der Waals surface area contributed by atoms with Gasteiger partial charge in [0, 0.05) is 18.2 Å². The van der Waals surface area contributed by atoms with Gasteiger partial charge in [-0.3, -0.25) is 4.79 Å². The molecule has 0 atom stereocenters. The molecule has 2 heterocycles. The predicted octanol–water partition coefficient (Wildman–Crippen LogP) is 0.805. The van der Waals surface area contributed by atoms with E-state index < -0.39 is 5.24 Å². The van der Waals surface area contributed by atoms with Crippen LogP contribution in [0.2, 0.25) is 0 Å². The van der Waals surface area contributed by atoms with Crippen molar-refractivity contribution in [2.45, 2.75) is 11.6 Å². The maximum atomic E-state index is 11.1. The largest absolute Gasteiger partial charge is 0.383 e. The molecule has 0 unspecified atom stereocenters. The van der Waals surface area contributed by atoms with E-state index in [1.54, 1.807) is 17.9 Å². The highest BCUT2D eigenvalue weighted by atomic mass is 32.2. The van der Waals surface area contributed by atoms with Gasteiger partial charge in [0.2, 0.25) is 0 Å². The van der Waals surface area contributed by atoms with Gasteiger partial charge >= 0.3 is 0 Å². The molecule has 2 aromatic heterocycles. The Labute approximate surface area is 119 Å². The first kappa shape index (κ1) is 14.6. The number of carbonyl (C=O) groups excluding carboxylic acids is 1. The zero-order valence-electron chi connectivity index (χ0n) is 10.9. The first-order valence-corrected chi connectivity index (χ1v) is 6.58. The number of aromatic nitrogens is 3. The number of nitrogen functional groups attached to an aromatic ring is 1. The van der Waals surface area contributed by atoms with E-state index in [2.05, 4.69) is 9.97 Å². The lowest BCUT2D eigenvalue weighted by atomic mass is 10.4. The highest BCUT2D eigenvalue weighted by Gasteiger charge is 2.15. The lowest BCUT2D eigenvalue weighted by Gasteiger charge is -2.05. The van der Waals surface area contributed by atoms with E-state index >= 15 is 0 Å². The number of primary amides is 1. The van der Waals surface area contributed by atoms with Crippen LogP contribution in [0.3, 0.4) is 0 Å². The highest BCUT2D eigenvalue weighted by Crippen LogP contribution is 2.31. The molecular formula is C11H15N5O3S. The molecule has 0 bridgehead atoms. The molecule has 2 rings (SSSR count). The first-order chi connectivity index (χ1) is 9.63. The molecule has 9 heteroatoms. The number of carbonyl (C=O) groups is 1. The van der Waals surface area contributed by atoms with Crippen molar-refractivity contribution < 1.29 is 14.3 Å². The molecule has 108 valence electrons. The molecule has 0 saturated carbocycles. The number of rotatable bonds is 6. The van der Waals surface area contributed by atoms with Crippen LogP contribution in [0.5, 0.6) is 0 Å². The van der Waals surface area contributed by atoms with Gasteiger partial charge in [0.25, 0.3) is 5.24 Å². The molecule has 0 aliphatic rings. The molecule has 0 aliphatic carbocycles. The third kappa shape index (κ3) is 3.18. The van der Waals surface area contributed by atoms with Crippen LogP contribution >= 0.6 is 11.8 Å². The van der Waals surface area contributed by atoms with Gasteiger partial charge in [0.05, 0.1) is 18.6 Å². The number of nitrogens with zero attached hydrogens (tertiary/aromatic N) is 3. The van der Waals surface area contributed by atoms with Gasteiger partial charge in [-0.25, -0.2) is 9.97 Å². The van der Waals surface area contributed by atoms with E-state index in [-0.39, 0.29) is 6.73 Å². The van der Waals surface area contributed by atoms with Gasteiger partial charge in [0.1, 0.15) is 24.5 Å². The molecule has 4 N–H and O–H groups in total. The molecule has 2 aromatic rings. The van der Waals surface area contributed by atoms with Crippen molar-refractivity contribution in [2.75, 3.05) is 26.1 Å². The van der Waals surface area contributed by atoms with E-state index in [0.717, 1.165) is 11.8 Å². The summed E-state index contributed by atoms with van der Waals surface area (Å²) >= 11 is 0.884. The Balaban J connectivity index is 2.30. The summed E-state index contributed by atoms with van der Waals surface area (Å²) in [7, 11) is 1.60. The molecule has 0 fully saturated rings. The van der Waals surface area contributed by atoms with Crippen molar-refractivity contribution in [3.05, 3.63) is 12.5 Å². The molecule has 8 nitrogen and oxygen atoms in total. The summed E-state index contributed by atoms with van der Waals surface area (Å²) < 4.78 is 12.1. The molecule has 0 aliphatic heterocycles. The summed E-state index contributed by atoms with van der Waals surface area (Å²) in [5, 5.41) is 0.0826. The summed E-state index contributed by atoms with van der Waals surface area (Å²) in [5.74, 6) is 0.300. The van der Waals surface area contributed by atoms with Gasteiger partial charge in [-0.1, -0.05) is 0 Å². The Bertz CT molecular complexity index is 615. The second kappa shape index (κ2) is 6.55. The first-order valence-electron chi connectivity index (χ1n) is 5.76. The van der Waals surface area contributed by atoms with Crippen LogP contribution in [0.1, 0.15) is 0 Å². The third-order valence-electron chi connectivity index (χ3n) is 2.52. The van der Waals surface area contributed by atoms with E-state index in [1.807, 2.05) is 0 Å². The second-order valence-electron chi connectivity index (χ2n) is 3.87. The molecule has 1 amide bonds. The zero-order valence-corrected chi connectivity index (χ0v) is 11.7. The Morgan fingerprint density at radius 2 is 2.25 bits per heavy atom. The van der Waals surface area contributed by atoms with E-state index in [1.165, 1.54) is 6.33 Å². The Morgan fingerprint density at radius 3 is 2.95 bits per heavy atom. The summed E-state index contributed by atoms with van der Waals surface area (Å²) in [4.78, 5) is 19.8. The zero-order chi connectivity index (χ0) is 14.5. The maximum Gasteiger partial charge on any atom is 0.281 e. The van der Waals surface area contributed by atoms with Crippen LogP contribution in [0, 0.1) is 0 Å². The quantitative estimate of drug-likeness (QED) is 0.598. The van der Waals surface area contributed by atoms with Gasteiger partial charge in [-0.2, -0.15) is 0 Å². The normalized spacial score (nSPS) is 11.1. The lowest BCUT2D eigenvalue weighted by molar-refractivity contribution is 0.0357. The second-order valence-corrected chi connectivity index (χ2v) is 4.92. The van der Waals surface area contributed by atoms with Crippen LogP contribution in [0.25, 0.3) is 11.0 Å². The summed E-state index contributed by atoms with van der Waals surface area (Å²) in [5.41, 5.74) is 11.6. The number of amides is 1. The van der Waals surface area contributed by atoms with Gasteiger partial charge in [-0.15, -0.1) is 0 Å². The fourth-order valence-corrected chi connectivity index (χ4v) is 2.39. The molecule has 20 heavy (non-hydrogen) atoms. The Kier molecular flexibility index (Phi) is 4.77. The summed E-state index contributed by atoms with van der Waals surface area (Å²) in [6, 6.07) is 0. The summed E-state index contributed by atoms with van der Waals surface area (Å²) in [6.45, 7) is 1.23. The SMILES string of the molecule is COCCOCn1cc(SC(N)=O)c2c(N)ncnc21. The fraction of sp³-hybridized carbons (Fsp3) is 0.364. The molecule has 0 radical (unpaired) electrons. The third-order valence-corrected chi connectivity index (χ3v) is 3.25. The smallest absolute Gasteiger partial charge is 0.281 e. The van der Waals surface area contributed by atoms with Crippen molar-refractivity contribution in [2.24, 2.45) is 5.73 Å². The van der Waals surface area contributed by atoms with Crippen LogP contribution in [0.15, 0.2) is 17.4 Å². The monoisotopic (exact) mass is 297 g/mol. The van der Waals surface area contributed by atoms with Crippen LogP contribution in [-0.2, 0) is 16.2 Å². The van der Waals surface area contributed by atoms with Crippen molar-refractivity contribution in [3.8, 4) is 0 Å². The minimum absolute atomic E-state index is 0.273. The lowest BCUT2D eigenvalue weighted by Crippen LogP contribution is -2.07. The average Bonchev–Trinajstić information content (AvgIpc) is 2.74. The number of thioether (sulfide) groups is 1. The topological polar surface area (TPSA) is 118 Å². The van der Waals surface area contributed by atoms with Crippen molar-refractivity contribution in [3.63, 3.8) is 0 Å². The van der Waals surface area contributed by atoms with Gasteiger partial charge in [0.15, 0.2) is 0 Å². The van der Waals surface area contributed by atoms with Crippen molar-refractivity contribution in [1.82, 2.24) is 14.5 Å². The van der Waals surface area contributed by atoms with E-state index in [4.69, 9.17) is 20.9 Å². The number of anilines is 1.